The number of aryl methyl sites for hydroxylation is 1. The molecule has 6 nitrogen and oxygen atoms in total. The first-order chi connectivity index (χ1) is 13.0. The summed E-state index contributed by atoms with van der Waals surface area (Å²) >= 11 is 0. The lowest BCUT2D eigenvalue weighted by Gasteiger charge is -2.33. The highest BCUT2D eigenvalue weighted by molar-refractivity contribution is 5.78. The number of morpholine rings is 1. The zero-order chi connectivity index (χ0) is 19.2. The lowest BCUT2D eigenvalue weighted by molar-refractivity contribution is -0.121. The fourth-order valence-corrected chi connectivity index (χ4v) is 3.32. The Labute approximate surface area is 160 Å². The molecule has 1 aliphatic heterocycles. The minimum absolute atomic E-state index is 0.0414. The molecule has 6 heteroatoms. The Morgan fingerprint density at radius 2 is 2.11 bits per heavy atom. The highest BCUT2D eigenvalue weighted by atomic mass is 16.5. The van der Waals surface area contributed by atoms with Crippen molar-refractivity contribution in [2.24, 2.45) is 5.92 Å². The Hall–Kier alpha value is -2.18. The van der Waals surface area contributed by atoms with Gasteiger partial charge in [0.05, 0.1) is 24.8 Å². The van der Waals surface area contributed by atoms with Crippen LogP contribution in [-0.2, 0) is 16.0 Å². The maximum absolute atomic E-state index is 12.4. The van der Waals surface area contributed by atoms with E-state index in [0.717, 1.165) is 31.8 Å². The van der Waals surface area contributed by atoms with E-state index in [2.05, 4.69) is 29.0 Å². The van der Waals surface area contributed by atoms with E-state index in [1.807, 2.05) is 37.3 Å². The number of amides is 1. The molecule has 27 heavy (non-hydrogen) atoms. The molecule has 1 fully saturated rings. The summed E-state index contributed by atoms with van der Waals surface area (Å²) in [6.45, 7) is 10.4. The average Bonchev–Trinajstić information content (AvgIpc) is 3.01. The maximum atomic E-state index is 12.4. The molecule has 1 unspecified atom stereocenters. The van der Waals surface area contributed by atoms with Crippen LogP contribution >= 0.6 is 0 Å². The summed E-state index contributed by atoms with van der Waals surface area (Å²) in [6, 6.07) is 9.71. The largest absolute Gasteiger partial charge is 0.441 e. The lowest BCUT2D eigenvalue weighted by atomic mass is 10.1. The van der Waals surface area contributed by atoms with Crippen LogP contribution in [0.2, 0.25) is 0 Å². The molecule has 1 aromatic heterocycles. The Bertz CT molecular complexity index is 742. The molecule has 0 spiro atoms. The number of carbonyl (C=O) groups excluding carboxylic acids is 1. The molecule has 0 bridgehead atoms. The highest BCUT2D eigenvalue weighted by Gasteiger charge is 2.22. The van der Waals surface area contributed by atoms with Gasteiger partial charge in [-0.2, -0.15) is 0 Å². The third kappa shape index (κ3) is 5.65. The van der Waals surface area contributed by atoms with Crippen molar-refractivity contribution >= 4 is 5.91 Å². The first-order valence-corrected chi connectivity index (χ1v) is 9.63. The number of rotatable bonds is 7. The summed E-state index contributed by atoms with van der Waals surface area (Å²) in [6.07, 6.45) is 0.254. The SMILES string of the molecule is Cc1oc(-c2ccccc2)nc1CC(=O)NCC1CN(CC(C)C)CCO1. The molecule has 2 aromatic rings. The number of hydrogen-bond acceptors (Lipinski definition) is 5. The molecule has 2 heterocycles. The van der Waals surface area contributed by atoms with Gasteiger partial charge >= 0.3 is 0 Å². The average molecular weight is 371 g/mol. The van der Waals surface area contributed by atoms with Gasteiger partial charge in [-0.3, -0.25) is 9.69 Å². The van der Waals surface area contributed by atoms with Gasteiger partial charge in [-0.1, -0.05) is 32.0 Å². The molecule has 146 valence electrons. The van der Waals surface area contributed by atoms with Gasteiger partial charge in [0.25, 0.3) is 0 Å². The van der Waals surface area contributed by atoms with Gasteiger partial charge < -0.3 is 14.5 Å². The summed E-state index contributed by atoms with van der Waals surface area (Å²) in [4.78, 5) is 19.2. The van der Waals surface area contributed by atoms with E-state index >= 15 is 0 Å². The van der Waals surface area contributed by atoms with Crippen molar-refractivity contribution in [3.63, 3.8) is 0 Å². The Morgan fingerprint density at radius 3 is 2.85 bits per heavy atom. The second-order valence-corrected chi connectivity index (χ2v) is 7.51. The summed E-state index contributed by atoms with van der Waals surface area (Å²) in [5.74, 6) is 1.81. The first kappa shape index (κ1) is 19.6. The molecule has 0 aliphatic carbocycles. The zero-order valence-corrected chi connectivity index (χ0v) is 16.4. The molecular formula is C21H29N3O3. The maximum Gasteiger partial charge on any atom is 0.226 e. The van der Waals surface area contributed by atoms with Crippen LogP contribution in [0.5, 0.6) is 0 Å². The van der Waals surface area contributed by atoms with Gasteiger partial charge in [-0.15, -0.1) is 0 Å². The molecule has 1 atom stereocenters. The molecule has 1 aromatic carbocycles. The van der Waals surface area contributed by atoms with Crippen molar-refractivity contribution in [3.8, 4) is 11.5 Å². The van der Waals surface area contributed by atoms with Crippen LogP contribution in [0.4, 0.5) is 0 Å². The number of nitrogens with one attached hydrogen (secondary N) is 1. The molecule has 1 amide bonds. The normalized spacial score (nSPS) is 18.0. The number of nitrogens with zero attached hydrogens (tertiary/aromatic N) is 2. The van der Waals surface area contributed by atoms with Crippen molar-refractivity contribution < 1.29 is 13.9 Å². The predicted molar refractivity (Wildman–Crippen MR) is 104 cm³/mol. The predicted octanol–water partition coefficient (Wildman–Crippen LogP) is 2.67. The third-order valence-corrected chi connectivity index (χ3v) is 4.61. The fraction of sp³-hybridized carbons (Fsp3) is 0.524. The minimum Gasteiger partial charge on any atom is -0.441 e. The van der Waals surface area contributed by atoms with E-state index in [9.17, 15) is 4.79 Å². The van der Waals surface area contributed by atoms with Gasteiger partial charge in [0, 0.05) is 31.7 Å². The van der Waals surface area contributed by atoms with Crippen molar-refractivity contribution in [2.45, 2.75) is 33.3 Å². The van der Waals surface area contributed by atoms with Crippen LogP contribution in [0.3, 0.4) is 0 Å². The van der Waals surface area contributed by atoms with E-state index in [4.69, 9.17) is 9.15 Å². The fourth-order valence-electron chi connectivity index (χ4n) is 3.32. The summed E-state index contributed by atoms with van der Waals surface area (Å²) < 4.78 is 11.5. The van der Waals surface area contributed by atoms with Crippen molar-refractivity contribution in [1.29, 1.82) is 0 Å². The van der Waals surface area contributed by atoms with Crippen LogP contribution < -0.4 is 5.32 Å². The van der Waals surface area contributed by atoms with Gasteiger partial charge in [-0.05, 0) is 25.0 Å². The van der Waals surface area contributed by atoms with E-state index in [1.54, 1.807) is 0 Å². The smallest absolute Gasteiger partial charge is 0.226 e. The standard InChI is InChI=1S/C21H29N3O3/c1-15(2)13-24-9-10-26-18(14-24)12-22-20(25)11-19-16(3)27-21(23-19)17-7-5-4-6-8-17/h4-8,15,18H,9-14H2,1-3H3,(H,22,25). The second-order valence-electron chi connectivity index (χ2n) is 7.51. The van der Waals surface area contributed by atoms with E-state index in [-0.39, 0.29) is 18.4 Å². The second kappa shape index (κ2) is 9.15. The van der Waals surface area contributed by atoms with Gasteiger partial charge in [0.1, 0.15) is 5.76 Å². The van der Waals surface area contributed by atoms with Crippen LogP contribution in [-0.4, -0.2) is 54.7 Å². The Kier molecular flexibility index (Phi) is 6.63. The van der Waals surface area contributed by atoms with Gasteiger partial charge in [0.15, 0.2) is 0 Å². The van der Waals surface area contributed by atoms with Crippen LogP contribution in [0.15, 0.2) is 34.7 Å². The van der Waals surface area contributed by atoms with E-state index in [1.165, 1.54) is 0 Å². The zero-order valence-electron chi connectivity index (χ0n) is 16.4. The number of ether oxygens (including phenoxy) is 1. The first-order valence-electron chi connectivity index (χ1n) is 9.63. The Balaban J connectivity index is 1.50. The van der Waals surface area contributed by atoms with Crippen LogP contribution in [0.25, 0.3) is 11.5 Å². The molecule has 0 radical (unpaired) electrons. The van der Waals surface area contributed by atoms with Crippen LogP contribution in [0, 0.1) is 12.8 Å². The minimum atomic E-state index is -0.0596. The molecule has 1 saturated heterocycles. The molecular weight excluding hydrogens is 342 g/mol. The number of hydrogen-bond donors (Lipinski definition) is 1. The molecule has 0 saturated carbocycles. The van der Waals surface area contributed by atoms with Gasteiger partial charge in [-0.25, -0.2) is 4.98 Å². The molecule has 1 aliphatic rings. The number of aromatic nitrogens is 1. The third-order valence-electron chi connectivity index (χ3n) is 4.61. The monoisotopic (exact) mass is 371 g/mol. The van der Waals surface area contributed by atoms with Crippen molar-refractivity contribution in [1.82, 2.24) is 15.2 Å². The summed E-state index contributed by atoms with van der Waals surface area (Å²) in [5.41, 5.74) is 1.59. The number of benzene rings is 1. The summed E-state index contributed by atoms with van der Waals surface area (Å²) in [5, 5.41) is 2.98. The number of oxazole rings is 1. The van der Waals surface area contributed by atoms with Crippen molar-refractivity contribution in [3.05, 3.63) is 41.8 Å². The molecule has 3 rings (SSSR count). The van der Waals surface area contributed by atoms with Crippen LogP contribution in [0.1, 0.15) is 25.3 Å². The Morgan fingerprint density at radius 1 is 1.33 bits per heavy atom. The lowest BCUT2D eigenvalue weighted by Crippen LogP contribution is -2.48. The summed E-state index contributed by atoms with van der Waals surface area (Å²) in [7, 11) is 0. The van der Waals surface area contributed by atoms with E-state index < -0.39 is 0 Å². The van der Waals surface area contributed by atoms with Crippen molar-refractivity contribution in [2.75, 3.05) is 32.8 Å². The number of carbonyl (C=O) groups is 1. The molecule has 1 N–H and O–H groups in total. The van der Waals surface area contributed by atoms with E-state index in [0.29, 0.717) is 29.8 Å². The quantitative estimate of drug-likeness (QED) is 0.810. The topological polar surface area (TPSA) is 67.6 Å². The van der Waals surface area contributed by atoms with Gasteiger partial charge in [0.2, 0.25) is 11.8 Å². The highest BCUT2D eigenvalue weighted by Crippen LogP contribution is 2.21.